The lowest BCUT2D eigenvalue weighted by Crippen LogP contribution is -2.60. The number of nitrogens with zero attached hydrogens (tertiary/aromatic N) is 3. The average molecular weight is 393 g/mol. The molecule has 4 rings (SSSR count). The van der Waals surface area contributed by atoms with Crippen LogP contribution in [0.3, 0.4) is 0 Å². The summed E-state index contributed by atoms with van der Waals surface area (Å²) in [5.74, 6) is 0.101. The Morgan fingerprint density at radius 2 is 1.70 bits per heavy atom. The molecule has 0 heterocycles. The van der Waals surface area contributed by atoms with Crippen molar-refractivity contribution in [2.45, 2.75) is 25.2 Å². The summed E-state index contributed by atoms with van der Waals surface area (Å²) in [6, 6.07) is 23.6. The number of hydrogen-bond donors (Lipinski definition) is 1. The fraction of sp³-hybridized carbons (Fsp3) is 0.280. The second kappa shape index (κ2) is 7.86. The van der Waals surface area contributed by atoms with Crippen LogP contribution < -0.4 is 10.1 Å². The summed E-state index contributed by atoms with van der Waals surface area (Å²) in [7, 11) is 0. The Balaban J connectivity index is 1.82. The smallest absolute Gasteiger partial charge is 0.230 e. The average Bonchev–Trinajstić information content (AvgIpc) is 2.79. The number of hydrogen-bond acceptors (Lipinski definition) is 4. The van der Waals surface area contributed by atoms with E-state index in [1.165, 1.54) is 0 Å². The third-order valence-corrected chi connectivity index (χ3v) is 6.17. The van der Waals surface area contributed by atoms with Gasteiger partial charge in [0.05, 0.1) is 18.2 Å². The van der Waals surface area contributed by atoms with Gasteiger partial charge in [-0.05, 0) is 60.6 Å². The number of para-hydroxylation sites is 1. The van der Waals surface area contributed by atoms with E-state index in [0.717, 1.165) is 30.4 Å². The molecule has 2 N–H and O–H groups in total. The van der Waals surface area contributed by atoms with Gasteiger partial charge >= 0.3 is 0 Å². The minimum Gasteiger partial charge on any atom is -0.457 e. The maximum atomic E-state index is 10.1. The van der Waals surface area contributed by atoms with E-state index in [2.05, 4.69) is 24.3 Å². The van der Waals surface area contributed by atoms with Gasteiger partial charge in [0.25, 0.3) is 0 Å². The first-order valence-electron chi connectivity index (χ1n) is 10.0. The topological polar surface area (TPSA) is 106 Å². The Morgan fingerprint density at radius 1 is 0.967 bits per heavy atom. The van der Waals surface area contributed by atoms with Crippen molar-refractivity contribution in [1.29, 1.82) is 15.8 Å². The molecule has 3 atom stereocenters. The molecule has 0 bridgehead atoms. The molecule has 0 unspecified atom stereocenters. The zero-order valence-electron chi connectivity index (χ0n) is 16.5. The summed E-state index contributed by atoms with van der Waals surface area (Å²) >= 11 is 0. The number of nitrogens with two attached hydrogens (primary N) is 1. The van der Waals surface area contributed by atoms with Gasteiger partial charge in [-0.25, -0.2) is 0 Å². The Bertz CT molecular complexity index is 1120. The van der Waals surface area contributed by atoms with Gasteiger partial charge in [0.2, 0.25) is 11.1 Å². The van der Waals surface area contributed by atoms with E-state index in [9.17, 15) is 15.8 Å². The molecule has 2 aliphatic carbocycles. The molecule has 0 saturated heterocycles. The van der Waals surface area contributed by atoms with E-state index in [-0.39, 0.29) is 11.6 Å². The highest BCUT2D eigenvalue weighted by Gasteiger charge is 2.60. The summed E-state index contributed by atoms with van der Waals surface area (Å²) in [6.45, 7) is 0. The first kappa shape index (κ1) is 19.4. The van der Waals surface area contributed by atoms with E-state index in [1.807, 2.05) is 54.6 Å². The van der Waals surface area contributed by atoms with E-state index < -0.39 is 17.3 Å². The second-order valence-corrected chi connectivity index (χ2v) is 7.76. The molecule has 2 aliphatic rings. The molecule has 2 aromatic carbocycles. The van der Waals surface area contributed by atoms with Crippen LogP contribution in [0.1, 0.15) is 30.7 Å². The van der Waals surface area contributed by atoms with Gasteiger partial charge in [-0.1, -0.05) is 36.4 Å². The van der Waals surface area contributed by atoms with Crippen LogP contribution in [-0.4, -0.2) is 5.71 Å². The fourth-order valence-corrected chi connectivity index (χ4v) is 4.82. The van der Waals surface area contributed by atoms with Gasteiger partial charge in [0.15, 0.2) is 0 Å². The van der Waals surface area contributed by atoms with Gasteiger partial charge in [-0.15, -0.1) is 0 Å². The number of ether oxygens (including phenoxy) is 1. The summed E-state index contributed by atoms with van der Waals surface area (Å²) in [4.78, 5) is 0. The van der Waals surface area contributed by atoms with E-state index in [0.29, 0.717) is 11.5 Å². The van der Waals surface area contributed by atoms with Crippen molar-refractivity contribution in [3.05, 3.63) is 71.8 Å². The van der Waals surface area contributed by atoms with Crippen LogP contribution >= 0.6 is 0 Å². The molecule has 146 valence electrons. The Labute approximate surface area is 176 Å². The molecule has 30 heavy (non-hydrogen) atoms. The van der Waals surface area contributed by atoms with Crippen LogP contribution in [-0.2, 0) is 0 Å². The number of rotatable bonds is 3. The predicted molar refractivity (Wildman–Crippen MR) is 111 cm³/mol. The fourth-order valence-electron chi connectivity index (χ4n) is 4.82. The lowest BCUT2D eigenvalue weighted by atomic mass is 9.53. The molecule has 0 aliphatic heterocycles. The zero-order chi connectivity index (χ0) is 21.1. The monoisotopic (exact) mass is 393 g/mol. The van der Waals surface area contributed by atoms with Gasteiger partial charge in [-0.2, -0.15) is 15.8 Å². The van der Waals surface area contributed by atoms with Crippen molar-refractivity contribution in [3.8, 4) is 29.7 Å². The molecule has 0 radical (unpaired) electrons. The lowest BCUT2D eigenvalue weighted by molar-refractivity contribution is -0.128. The molecule has 0 spiro atoms. The van der Waals surface area contributed by atoms with Crippen LogP contribution in [0, 0.1) is 51.2 Å². The van der Waals surface area contributed by atoms with Crippen LogP contribution in [0.25, 0.3) is 0 Å². The van der Waals surface area contributed by atoms with Gasteiger partial charge in [0, 0.05) is 5.92 Å². The molecule has 0 amide bonds. The number of allylic oxidation sites excluding steroid dienone is 2. The minimum absolute atomic E-state index is 0.0815. The summed E-state index contributed by atoms with van der Waals surface area (Å²) in [5, 5.41) is 36.4. The van der Waals surface area contributed by atoms with Crippen molar-refractivity contribution < 1.29 is 10.1 Å². The summed E-state index contributed by atoms with van der Waals surface area (Å²) < 4.78 is 5.98. The molecule has 1 fully saturated rings. The first-order valence-corrected chi connectivity index (χ1v) is 10.0. The molecule has 5 nitrogen and oxygen atoms in total. The largest absolute Gasteiger partial charge is 0.457 e. The summed E-state index contributed by atoms with van der Waals surface area (Å²) in [5.41, 5.74) is 0.342. The molecule has 1 saturated carbocycles. The third-order valence-electron chi connectivity index (χ3n) is 6.17. The van der Waals surface area contributed by atoms with Crippen molar-refractivity contribution in [2.75, 3.05) is 0 Å². The van der Waals surface area contributed by atoms with Crippen LogP contribution in [0.5, 0.6) is 11.5 Å². The van der Waals surface area contributed by atoms with E-state index in [1.54, 1.807) is 0 Å². The van der Waals surface area contributed by atoms with E-state index >= 15 is 0 Å². The lowest BCUT2D eigenvalue weighted by Gasteiger charge is -2.43. The van der Waals surface area contributed by atoms with Crippen LogP contribution in [0.2, 0.25) is 0 Å². The number of fused-ring (bicyclic) bond motifs is 1. The predicted octanol–water partition coefficient (Wildman–Crippen LogP) is 3.68. The maximum absolute atomic E-state index is 10.1. The number of benzene rings is 2. The molecule has 5 heteroatoms. The van der Waals surface area contributed by atoms with Gasteiger partial charge in [-0.3, -0.25) is 5.41 Å². The Morgan fingerprint density at radius 3 is 2.40 bits per heavy atom. The minimum atomic E-state index is -1.56. The standard InChI is InChI=1S/C25H20N4O/c26-14-22-20-11-4-5-12-21(20)23(25(15-27,16-28)24(22)29)17-7-6-10-19(13-17)30-18-8-2-1-3-9-18/h1-3,6-11,13,21-23,29H,4-5,12H2/p+1/t21-,22-,23+/m1/s1. The van der Waals surface area contributed by atoms with Crippen molar-refractivity contribution in [1.82, 2.24) is 0 Å². The molecular weight excluding hydrogens is 372 g/mol. The van der Waals surface area contributed by atoms with Gasteiger partial charge < -0.3 is 4.74 Å². The van der Waals surface area contributed by atoms with Crippen LogP contribution in [0.15, 0.2) is 66.2 Å². The SMILES string of the molecule is N#C[C@H]1C(=[NH2+])C(C#N)(C#N)[C@@H](c2cccc(Oc3ccccc3)c2)[C@@H]2CCCC=C12. The molecular formula is C25H21N4O+. The van der Waals surface area contributed by atoms with Crippen molar-refractivity contribution in [3.63, 3.8) is 0 Å². The highest BCUT2D eigenvalue weighted by molar-refractivity contribution is 5.98. The first-order chi connectivity index (χ1) is 14.6. The zero-order valence-corrected chi connectivity index (χ0v) is 16.5. The highest BCUT2D eigenvalue weighted by atomic mass is 16.5. The Kier molecular flexibility index (Phi) is 5.09. The second-order valence-electron chi connectivity index (χ2n) is 7.76. The van der Waals surface area contributed by atoms with Crippen molar-refractivity contribution >= 4 is 5.71 Å². The molecule has 2 aromatic rings. The quantitative estimate of drug-likeness (QED) is 0.803. The van der Waals surface area contributed by atoms with E-state index in [4.69, 9.17) is 10.1 Å². The Hall–Kier alpha value is -3.88. The normalized spacial score (nSPS) is 24.4. The third kappa shape index (κ3) is 3.04. The number of nitriles is 3. The van der Waals surface area contributed by atoms with Crippen LogP contribution in [0.4, 0.5) is 0 Å². The van der Waals surface area contributed by atoms with Crippen molar-refractivity contribution in [2.24, 2.45) is 17.3 Å². The maximum Gasteiger partial charge on any atom is 0.230 e. The summed E-state index contributed by atoms with van der Waals surface area (Å²) in [6.07, 6.45) is 4.73. The van der Waals surface area contributed by atoms with Gasteiger partial charge in [0.1, 0.15) is 17.4 Å². The highest BCUT2D eigenvalue weighted by Crippen LogP contribution is 2.54. The molecule has 0 aromatic heterocycles.